The molecule has 0 aromatic carbocycles. The molecule has 12 aromatic heterocycles. The maximum Gasteiger partial charge on any atom is 0.280 e. The highest BCUT2D eigenvalue weighted by Gasteiger charge is 2.58. The second-order valence-corrected chi connectivity index (χ2v) is 43.0. The van der Waals surface area contributed by atoms with Crippen molar-refractivity contribution in [2.24, 2.45) is 0 Å². The number of nitrogens with one attached hydrogen (secondary N) is 3. The molecule has 75 heteroatoms. The maximum absolute atomic E-state index is 16.0. The van der Waals surface area contributed by atoms with Gasteiger partial charge < -0.3 is 139 Å². The van der Waals surface area contributed by atoms with Gasteiger partial charge in [0.1, 0.15) is 122 Å². The number of nitrogens with zero attached hydrogens (tertiary/aromatic N) is 21. The number of fused-ring (bicyclic) bond motifs is 12. The van der Waals surface area contributed by atoms with Crippen molar-refractivity contribution in [3.8, 4) is 0 Å². The molecule has 12 aromatic rings. The number of anilines is 6. The van der Waals surface area contributed by atoms with Crippen LogP contribution >= 0.6 is 42.7 Å². The fourth-order valence-corrected chi connectivity index (χ4v) is 23.1. The van der Waals surface area contributed by atoms with Gasteiger partial charge in [0.2, 0.25) is 40.5 Å². The first kappa shape index (κ1) is 95.0. The number of H-pyrrole nitrogens is 3. The van der Waals surface area contributed by atoms with Gasteiger partial charge in [-0.3, -0.25) is 75.0 Å². The highest BCUT2D eigenvalue weighted by molar-refractivity contribution is 8.32. The number of imidazole rings is 6. The first-order valence-electron chi connectivity index (χ1n) is 38.7. The largest absolute Gasteiger partial charge is 0.780 e. The Hall–Kier alpha value is -8.96. The van der Waals surface area contributed by atoms with E-state index >= 15 is 26.3 Å². The molecule has 30 atom stereocenters. The Balaban J connectivity index is 0.000000130. The molecule has 0 amide bonds. The van der Waals surface area contributed by atoms with E-state index in [9.17, 15) is 42.4 Å². The van der Waals surface area contributed by atoms with E-state index in [1.807, 2.05) is 0 Å². The van der Waals surface area contributed by atoms with E-state index in [-0.39, 0.29) is 102 Å². The molecule has 714 valence electrons. The summed E-state index contributed by atoms with van der Waals surface area (Å²) in [6.07, 6.45) is -30.9. The van der Waals surface area contributed by atoms with E-state index in [0.29, 0.717) is 0 Å². The number of nitrogen functional groups attached to an aromatic ring is 6. The van der Waals surface area contributed by atoms with E-state index in [1.54, 1.807) is 0 Å². The molecule has 9 aliphatic heterocycles. The fraction of sp³-hybridized carbons (Fsp3) is 0.500. The Labute approximate surface area is 763 Å². The normalized spacial score (nSPS) is 37.7. The van der Waals surface area contributed by atoms with Gasteiger partial charge in [-0.1, -0.05) is 23.6 Å². The van der Waals surface area contributed by atoms with Crippen LogP contribution < -0.4 is 60.9 Å². The standard InChI is InChI=1S/3C20H21BF2N10O9P2S/c3*21-43(35)37-1-6-13(9(23)18(39-6)32-4-28-10-14(24)26-3-27-15(10)32)42-44(36,45)38-2-7-12(41-43)8(22)19(40-7)33-5-29-11-16(33)30-20(25)31-17(11)34/h3*3-9,12-13,18-19H,1-2H2,(H,36,45)(H2,24,26,27)(H3,25,30,31,34)/p-3/t6-,7-,8+,9+,12?,13?,18-,19-,43?,44?;2*6-,7-,8+,9+,12?,13?,18-,19-,43-,44?/m111/s1. The van der Waals surface area contributed by atoms with Crippen LogP contribution in [0.5, 0.6) is 0 Å². The van der Waals surface area contributed by atoms with Crippen molar-refractivity contribution in [1.82, 2.24) is 117 Å². The van der Waals surface area contributed by atoms with Crippen molar-refractivity contribution in [1.29, 1.82) is 0 Å². The van der Waals surface area contributed by atoms with E-state index in [2.05, 4.69) is 89.7 Å². The molecule has 57 nitrogen and oxygen atoms in total. The minimum atomic E-state index is -4.64. The number of rotatable bonds is 6. The van der Waals surface area contributed by atoms with Crippen LogP contribution in [0.3, 0.4) is 0 Å². The van der Waals surface area contributed by atoms with Crippen LogP contribution in [-0.4, -0.2) is 290 Å². The minimum Gasteiger partial charge on any atom is -0.780 e. The number of aromatic amines is 3. The summed E-state index contributed by atoms with van der Waals surface area (Å²) in [5, 5.41) is 0. The first-order chi connectivity index (χ1) is 63.9. The quantitative estimate of drug-likeness (QED) is 0.0412. The van der Waals surface area contributed by atoms with E-state index in [1.165, 1.54) is 32.7 Å². The molecule has 21 rings (SSSR count). The minimum absolute atomic E-state index is 0.0272. The van der Waals surface area contributed by atoms with Gasteiger partial charge in [-0.25, -0.2) is 86.2 Å². The Morgan fingerprint density at radius 2 is 0.563 bits per heavy atom. The lowest BCUT2D eigenvalue weighted by Crippen LogP contribution is -2.38. The average molecular weight is 2060 g/mol. The zero-order valence-electron chi connectivity index (χ0n) is 67.1. The van der Waals surface area contributed by atoms with Gasteiger partial charge in [0.25, 0.3) is 39.1 Å². The Bertz CT molecular complexity index is 6510. The van der Waals surface area contributed by atoms with Gasteiger partial charge in [-0.15, -0.1) is 0 Å². The Morgan fingerprint density at radius 3 is 0.830 bits per heavy atom. The van der Waals surface area contributed by atoms with E-state index < -0.39 is 247 Å². The zero-order valence-corrected chi connectivity index (χ0v) is 74.9. The second kappa shape index (κ2) is 36.0. The highest BCUT2D eigenvalue weighted by Crippen LogP contribution is 2.59. The molecule has 9 aliphatic rings. The van der Waals surface area contributed by atoms with Crippen molar-refractivity contribution >= 4 is 203 Å². The van der Waals surface area contributed by atoms with Crippen LogP contribution in [0.1, 0.15) is 37.4 Å². The molecule has 0 spiro atoms. The number of hydrogen-bond donors (Lipinski definition) is 9. The number of nitrogens with two attached hydrogens (primary N) is 6. The van der Waals surface area contributed by atoms with Gasteiger partial charge in [-0.05, 0) is 0 Å². The number of halogens is 6. The predicted molar refractivity (Wildman–Crippen MR) is 448 cm³/mol. The van der Waals surface area contributed by atoms with Gasteiger partial charge >= 0.3 is 0 Å². The van der Waals surface area contributed by atoms with Crippen molar-refractivity contribution in [2.75, 3.05) is 74.0 Å². The summed E-state index contributed by atoms with van der Waals surface area (Å²) < 4.78 is 254. The van der Waals surface area contributed by atoms with Crippen LogP contribution in [-0.2, 0) is 137 Å². The van der Waals surface area contributed by atoms with E-state index in [4.69, 9.17) is 176 Å². The molecule has 0 aliphatic carbocycles. The third-order valence-corrected chi connectivity index (χ3v) is 29.5. The van der Waals surface area contributed by atoms with Gasteiger partial charge in [-0.2, -0.15) is 15.0 Å². The molecule has 9 fully saturated rings. The third-order valence-electron chi connectivity index (χ3n) is 21.8. The van der Waals surface area contributed by atoms with Gasteiger partial charge in [0.15, 0.2) is 149 Å². The monoisotopic (exact) mass is 2060 g/mol. The Kier molecular flexibility index (Phi) is 25.4. The summed E-state index contributed by atoms with van der Waals surface area (Å²) in [5.41, 5.74) is 32.1. The summed E-state index contributed by atoms with van der Waals surface area (Å²) in [4.78, 5) is 129. The van der Waals surface area contributed by atoms with Crippen LogP contribution in [0, 0.1) is 0 Å². The first-order valence-corrected chi connectivity index (χ1v) is 51.3. The highest BCUT2D eigenvalue weighted by atomic mass is 32.7. The summed E-state index contributed by atoms with van der Waals surface area (Å²) in [6.45, 7) is -18.2. The molecular weight excluding hydrogens is 2000 g/mol. The molecule has 0 saturated carbocycles. The van der Waals surface area contributed by atoms with Gasteiger partial charge in [0, 0.05) is 0 Å². The second-order valence-electron chi connectivity index (χ2n) is 30.3. The number of hydrogen-bond acceptors (Lipinski definition) is 51. The number of aromatic nitrogens is 24. The Morgan fingerprint density at radius 1 is 0.341 bits per heavy atom. The average Bonchev–Trinajstić information content (AvgIpc) is 1.62. The smallest absolute Gasteiger partial charge is 0.280 e. The topological polar surface area (TPSA) is 758 Å². The third kappa shape index (κ3) is 18.4. The summed E-state index contributed by atoms with van der Waals surface area (Å²) >= 11 is 15.0. The molecule has 10 unspecified atom stereocenters. The molecule has 21 heterocycles. The summed E-state index contributed by atoms with van der Waals surface area (Å²) in [5.74, 6) is -0.758. The summed E-state index contributed by atoms with van der Waals surface area (Å²) in [7, 11) is 3.49. The molecule has 135 heavy (non-hydrogen) atoms. The van der Waals surface area contributed by atoms with Crippen LogP contribution in [0.15, 0.2) is 71.3 Å². The molecule has 6 radical (unpaired) electrons. The fourth-order valence-electron chi connectivity index (χ4n) is 15.8. The molecular formula is C60H60B3F6N30O27P6S3-3. The van der Waals surface area contributed by atoms with Crippen molar-refractivity contribution < 1.29 is 137 Å². The predicted octanol–water partition coefficient (Wildman–Crippen LogP) is -1.11. The lowest BCUT2D eigenvalue weighted by Gasteiger charge is -2.35. The molecule has 15 N–H and O–H groups in total. The molecule has 9 saturated heterocycles. The zero-order chi connectivity index (χ0) is 95.5. The van der Waals surface area contributed by atoms with Gasteiger partial charge in [0.05, 0.1) is 77.6 Å². The van der Waals surface area contributed by atoms with Crippen LogP contribution in [0.2, 0.25) is 0 Å². The van der Waals surface area contributed by atoms with Crippen molar-refractivity contribution in [2.45, 2.75) is 148 Å². The van der Waals surface area contributed by atoms with Crippen LogP contribution in [0.4, 0.5) is 61.6 Å². The van der Waals surface area contributed by atoms with Crippen molar-refractivity contribution in [3.05, 3.63) is 88.0 Å². The number of ether oxygens (including phenoxy) is 6. The van der Waals surface area contributed by atoms with Crippen LogP contribution in [0.25, 0.3) is 67.0 Å². The number of alkyl halides is 6. The van der Waals surface area contributed by atoms with Crippen molar-refractivity contribution in [3.63, 3.8) is 0 Å². The molecule has 0 bridgehead atoms. The lowest BCUT2D eigenvalue weighted by atomic mass is 10.1. The summed E-state index contributed by atoms with van der Waals surface area (Å²) in [6, 6.07) is 0. The van der Waals surface area contributed by atoms with E-state index in [0.717, 1.165) is 51.7 Å². The maximum atomic E-state index is 16.0. The lowest BCUT2D eigenvalue weighted by molar-refractivity contribution is -0.218. The SMILES string of the molecule is [B]P1(=O)OC[C@H]2O[C@@H](n3cnc4c(N)ncnc43)[C@@H](F)C2OP([O-])(=S)OC[C@H]2O[C@@H](n3cnc4c(=O)[nH]c(N)nc43)[C@@H](F)C2O1.[B][P@@]1(=O)OC[C@H]2O[C@@H](n3cnc4c(N)ncnc43)[C@@H](F)C2OP(=O)([S-])OC[C@H]2O[C@@H](n3cnc4c(=O)[nH]c(N)nc43)[C@@H](F)C2O1.[B][P@@]1(=O)OC[C@H]2O[C@@H](n3cnc4c(N)ncnc43)[C@@H](F)C2OP([O-])(=S)OC[C@H]2O[C@@H](n3cnc4c(=O)[nH]c(N)nc43)[C@@H](F)C2O1.